The minimum Gasteiger partial charge on any atom is -0.492 e. The Labute approximate surface area is 177 Å². The van der Waals surface area contributed by atoms with E-state index in [0.717, 1.165) is 0 Å². The second-order valence-electron chi connectivity index (χ2n) is 7.54. The summed E-state index contributed by atoms with van der Waals surface area (Å²) in [6, 6.07) is 11.3. The first kappa shape index (κ1) is 21.7. The molecule has 1 aliphatic heterocycles. The molecule has 0 saturated heterocycles. The maximum Gasteiger partial charge on any atom is 0.265 e. The van der Waals surface area contributed by atoms with Crippen LogP contribution in [-0.2, 0) is 14.8 Å². The Morgan fingerprint density at radius 3 is 2.70 bits per heavy atom. The standard InChI is InChI=1S/C22H26N2O5S/c1-5-13-24-17-12-11-16(14-19(17)29-15-22(3,4)21(24)25)23-30(26,27)20-10-8-7-9-18(20)28-6-2/h5,7-12,14,23H,1,6,13,15H2,2-4H3. The molecule has 1 amide bonds. The van der Waals surface area contributed by atoms with Crippen LogP contribution >= 0.6 is 0 Å². The molecule has 2 aromatic carbocycles. The highest BCUT2D eigenvalue weighted by Gasteiger charge is 2.37. The lowest BCUT2D eigenvalue weighted by Gasteiger charge is -2.27. The molecule has 0 unspecified atom stereocenters. The number of para-hydroxylation sites is 1. The molecule has 0 saturated carbocycles. The van der Waals surface area contributed by atoms with E-state index in [4.69, 9.17) is 9.47 Å². The van der Waals surface area contributed by atoms with E-state index in [2.05, 4.69) is 11.3 Å². The fourth-order valence-electron chi connectivity index (χ4n) is 3.18. The number of anilines is 2. The van der Waals surface area contributed by atoms with Gasteiger partial charge in [0.25, 0.3) is 10.0 Å². The molecule has 8 heteroatoms. The van der Waals surface area contributed by atoms with Crippen molar-refractivity contribution in [2.45, 2.75) is 25.7 Å². The number of hydrogen-bond donors (Lipinski definition) is 1. The summed E-state index contributed by atoms with van der Waals surface area (Å²) in [5.74, 6) is 0.622. The monoisotopic (exact) mass is 430 g/mol. The van der Waals surface area contributed by atoms with Gasteiger partial charge in [0.15, 0.2) is 0 Å². The largest absolute Gasteiger partial charge is 0.492 e. The predicted molar refractivity (Wildman–Crippen MR) is 117 cm³/mol. The summed E-state index contributed by atoms with van der Waals surface area (Å²) in [7, 11) is -3.89. The summed E-state index contributed by atoms with van der Waals surface area (Å²) >= 11 is 0. The zero-order chi connectivity index (χ0) is 21.9. The van der Waals surface area contributed by atoms with Crippen LogP contribution in [0.2, 0.25) is 0 Å². The van der Waals surface area contributed by atoms with Gasteiger partial charge in [0.05, 0.1) is 23.4 Å². The molecule has 0 bridgehead atoms. The molecule has 0 spiro atoms. The topological polar surface area (TPSA) is 84.9 Å². The SMILES string of the molecule is C=CCN1C(=O)C(C)(C)COc2cc(NS(=O)(=O)c3ccccc3OCC)ccc21. The van der Waals surface area contributed by atoms with E-state index in [-0.39, 0.29) is 23.2 Å². The number of rotatable bonds is 7. The molecule has 1 heterocycles. The van der Waals surface area contributed by atoms with Crippen molar-refractivity contribution < 1.29 is 22.7 Å². The third kappa shape index (κ3) is 4.28. The molecule has 0 aliphatic carbocycles. The summed E-state index contributed by atoms with van der Waals surface area (Å²) in [6.07, 6.45) is 1.64. The van der Waals surface area contributed by atoms with Crippen LogP contribution in [-0.4, -0.2) is 34.1 Å². The minimum absolute atomic E-state index is 0.0484. The Bertz CT molecular complexity index is 1060. The quantitative estimate of drug-likeness (QED) is 0.675. The van der Waals surface area contributed by atoms with Crippen molar-refractivity contribution in [2.24, 2.45) is 5.41 Å². The fraction of sp³-hybridized carbons (Fsp3) is 0.318. The van der Waals surface area contributed by atoms with Crippen LogP contribution in [0.1, 0.15) is 20.8 Å². The summed E-state index contributed by atoms with van der Waals surface area (Å²) < 4.78 is 39.8. The number of ether oxygens (including phenoxy) is 2. The number of nitrogens with one attached hydrogen (secondary N) is 1. The number of sulfonamides is 1. The van der Waals surface area contributed by atoms with Gasteiger partial charge in [0, 0.05) is 12.6 Å². The van der Waals surface area contributed by atoms with Crippen LogP contribution in [0.4, 0.5) is 11.4 Å². The first-order valence-electron chi connectivity index (χ1n) is 9.64. The van der Waals surface area contributed by atoms with Gasteiger partial charge < -0.3 is 14.4 Å². The van der Waals surface area contributed by atoms with E-state index in [1.165, 1.54) is 6.07 Å². The van der Waals surface area contributed by atoms with E-state index in [1.807, 2.05) is 13.8 Å². The maximum absolute atomic E-state index is 12.9. The number of carbonyl (C=O) groups excluding carboxylic acids is 1. The molecule has 0 fully saturated rings. The molecule has 160 valence electrons. The molecule has 1 aliphatic rings. The van der Waals surface area contributed by atoms with Crippen molar-refractivity contribution in [3.05, 3.63) is 55.1 Å². The van der Waals surface area contributed by atoms with Gasteiger partial charge in [-0.1, -0.05) is 18.2 Å². The summed E-state index contributed by atoms with van der Waals surface area (Å²) in [4.78, 5) is 14.5. The van der Waals surface area contributed by atoms with E-state index in [0.29, 0.717) is 30.3 Å². The highest BCUT2D eigenvalue weighted by Crippen LogP contribution is 2.38. The summed E-state index contributed by atoms with van der Waals surface area (Å²) in [5.41, 5.74) is 0.173. The molecule has 0 atom stereocenters. The smallest absolute Gasteiger partial charge is 0.265 e. The zero-order valence-corrected chi connectivity index (χ0v) is 18.2. The molecular weight excluding hydrogens is 404 g/mol. The highest BCUT2D eigenvalue weighted by molar-refractivity contribution is 7.92. The third-order valence-electron chi connectivity index (χ3n) is 4.67. The van der Waals surface area contributed by atoms with Crippen LogP contribution in [0.15, 0.2) is 60.0 Å². The van der Waals surface area contributed by atoms with Gasteiger partial charge in [-0.15, -0.1) is 6.58 Å². The number of nitrogens with zero attached hydrogens (tertiary/aromatic N) is 1. The number of benzene rings is 2. The maximum atomic E-state index is 12.9. The molecule has 0 aromatic heterocycles. The van der Waals surface area contributed by atoms with Gasteiger partial charge in [-0.25, -0.2) is 8.42 Å². The molecule has 0 radical (unpaired) electrons. The van der Waals surface area contributed by atoms with Crippen molar-refractivity contribution in [3.63, 3.8) is 0 Å². The van der Waals surface area contributed by atoms with Crippen molar-refractivity contribution in [3.8, 4) is 11.5 Å². The van der Waals surface area contributed by atoms with Gasteiger partial charge in [-0.05, 0) is 45.0 Å². The van der Waals surface area contributed by atoms with Gasteiger partial charge >= 0.3 is 0 Å². The Kier molecular flexibility index (Phi) is 6.07. The number of hydrogen-bond acceptors (Lipinski definition) is 5. The first-order valence-corrected chi connectivity index (χ1v) is 11.1. The van der Waals surface area contributed by atoms with Gasteiger partial charge in [0.2, 0.25) is 5.91 Å². The van der Waals surface area contributed by atoms with Crippen molar-refractivity contribution >= 4 is 27.3 Å². The number of fused-ring (bicyclic) bond motifs is 1. The normalized spacial score (nSPS) is 15.6. The van der Waals surface area contributed by atoms with Crippen molar-refractivity contribution in [2.75, 3.05) is 29.4 Å². The van der Waals surface area contributed by atoms with E-state index < -0.39 is 15.4 Å². The van der Waals surface area contributed by atoms with Crippen LogP contribution in [0.3, 0.4) is 0 Å². The molecular formula is C22H26N2O5S. The second-order valence-corrected chi connectivity index (χ2v) is 9.20. The predicted octanol–water partition coefficient (Wildman–Crippen LogP) is 3.82. The lowest BCUT2D eigenvalue weighted by atomic mass is 9.93. The van der Waals surface area contributed by atoms with Gasteiger partial charge in [-0.3, -0.25) is 9.52 Å². The Balaban J connectivity index is 1.96. The van der Waals surface area contributed by atoms with Crippen LogP contribution in [0.25, 0.3) is 0 Å². The number of carbonyl (C=O) groups is 1. The summed E-state index contributed by atoms with van der Waals surface area (Å²) in [5, 5.41) is 0. The number of amides is 1. The third-order valence-corrected chi connectivity index (χ3v) is 6.09. The summed E-state index contributed by atoms with van der Waals surface area (Å²) in [6.45, 7) is 9.99. The molecule has 2 aromatic rings. The van der Waals surface area contributed by atoms with Gasteiger partial charge in [0.1, 0.15) is 23.0 Å². The van der Waals surface area contributed by atoms with E-state index in [9.17, 15) is 13.2 Å². The minimum atomic E-state index is -3.89. The van der Waals surface area contributed by atoms with Crippen molar-refractivity contribution in [1.29, 1.82) is 0 Å². The average molecular weight is 431 g/mol. The van der Waals surface area contributed by atoms with Crippen LogP contribution < -0.4 is 19.1 Å². The lowest BCUT2D eigenvalue weighted by molar-refractivity contribution is -0.127. The molecule has 3 rings (SSSR count). The highest BCUT2D eigenvalue weighted by atomic mass is 32.2. The molecule has 7 nitrogen and oxygen atoms in total. The van der Waals surface area contributed by atoms with E-state index >= 15 is 0 Å². The zero-order valence-electron chi connectivity index (χ0n) is 17.3. The fourth-order valence-corrected chi connectivity index (χ4v) is 4.38. The average Bonchev–Trinajstić information content (AvgIpc) is 2.79. The lowest BCUT2D eigenvalue weighted by Crippen LogP contribution is -2.42. The Morgan fingerprint density at radius 1 is 1.27 bits per heavy atom. The van der Waals surface area contributed by atoms with Crippen LogP contribution in [0, 0.1) is 5.41 Å². The molecule has 30 heavy (non-hydrogen) atoms. The Morgan fingerprint density at radius 2 is 2.00 bits per heavy atom. The Hall–Kier alpha value is -3.00. The molecule has 1 N–H and O–H groups in total. The van der Waals surface area contributed by atoms with E-state index in [1.54, 1.807) is 54.3 Å². The van der Waals surface area contributed by atoms with Crippen LogP contribution in [0.5, 0.6) is 11.5 Å². The van der Waals surface area contributed by atoms with Gasteiger partial charge in [-0.2, -0.15) is 0 Å². The van der Waals surface area contributed by atoms with Crippen molar-refractivity contribution in [1.82, 2.24) is 0 Å². The second kappa shape index (κ2) is 8.39. The first-order chi connectivity index (χ1) is 14.2.